The minimum Gasteiger partial charge on any atom is -0.393 e. The Morgan fingerprint density at radius 2 is 2.22 bits per heavy atom. The summed E-state index contributed by atoms with van der Waals surface area (Å²) in [7, 11) is 0. The lowest BCUT2D eigenvalue weighted by Crippen LogP contribution is -2.32. The minimum atomic E-state index is -0.596. The van der Waals surface area contributed by atoms with E-state index in [2.05, 4.69) is 5.32 Å². The molecule has 0 unspecified atom stereocenters. The summed E-state index contributed by atoms with van der Waals surface area (Å²) in [6, 6.07) is 4.09. The van der Waals surface area contributed by atoms with Crippen molar-refractivity contribution in [2.24, 2.45) is 0 Å². The van der Waals surface area contributed by atoms with Crippen LogP contribution in [0.2, 0.25) is 0 Å². The Balaban J connectivity index is 2.87. The number of hydrogen-bond acceptors (Lipinski definition) is 4. The SMILES string of the molecule is CCC[C@@H](C)NC(=O)c1ccc(N)c([N+](=O)[O-])c1. The highest BCUT2D eigenvalue weighted by Crippen LogP contribution is 2.22. The number of nitrogen functional groups attached to an aromatic ring is 1. The molecule has 1 rings (SSSR count). The normalized spacial score (nSPS) is 11.9. The fraction of sp³-hybridized carbons (Fsp3) is 0.417. The predicted octanol–water partition coefficient (Wildman–Crippen LogP) is 2.10. The number of anilines is 1. The van der Waals surface area contributed by atoms with Gasteiger partial charge in [0.25, 0.3) is 11.6 Å². The average Bonchev–Trinajstić information content (AvgIpc) is 2.29. The number of nitrogens with two attached hydrogens (primary N) is 1. The first-order chi connectivity index (χ1) is 8.45. The van der Waals surface area contributed by atoms with E-state index in [0.29, 0.717) is 0 Å². The van der Waals surface area contributed by atoms with E-state index in [0.717, 1.165) is 12.8 Å². The van der Waals surface area contributed by atoms with Crippen LogP contribution in [-0.4, -0.2) is 16.9 Å². The smallest absolute Gasteiger partial charge is 0.292 e. The van der Waals surface area contributed by atoms with Gasteiger partial charge in [0.2, 0.25) is 0 Å². The molecule has 18 heavy (non-hydrogen) atoms. The van der Waals surface area contributed by atoms with Crippen molar-refractivity contribution in [1.82, 2.24) is 5.32 Å². The second-order valence-corrected chi connectivity index (χ2v) is 4.19. The fourth-order valence-corrected chi connectivity index (χ4v) is 1.66. The first-order valence-corrected chi connectivity index (χ1v) is 5.80. The Kier molecular flexibility index (Phi) is 4.65. The number of nitrogens with one attached hydrogen (secondary N) is 1. The molecule has 1 aromatic carbocycles. The van der Waals surface area contributed by atoms with Gasteiger partial charge in [-0.2, -0.15) is 0 Å². The van der Waals surface area contributed by atoms with Crippen molar-refractivity contribution in [2.45, 2.75) is 32.7 Å². The van der Waals surface area contributed by atoms with Gasteiger partial charge in [-0.3, -0.25) is 14.9 Å². The van der Waals surface area contributed by atoms with Crippen LogP contribution < -0.4 is 11.1 Å². The van der Waals surface area contributed by atoms with E-state index in [1.54, 1.807) is 0 Å². The van der Waals surface area contributed by atoms with E-state index in [4.69, 9.17) is 5.73 Å². The molecule has 1 amide bonds. The Labute approximate surface area is 105 Å². The summed E-state index contributed by atoms with van der Waals surface area (Å²) in [6.07, 6.45) is 1.83. The summed E-state index contributed by atoms with van der Waals surface area (Å²) in [5.41, 5.74) is 5.52. The Bertz CT molecular complexity index is 460. The molecule has 1 atom stereocenters. The standard InChI is InChI=1S/C12H17N3O3/c1-3-4-8(2)14-12(16)9-5-6-10(13)11(7-9)15(17)18/h5-8H,3-4,13H2,1-2H3,(H,14,16)/t8-/m1/s1. The quantitative estimate of drug-likeness (QED) is 0.475. The number of amides is 1. The highest BCUT2D eigenvalue weighted by molar-refractivity contribution is 5.95. The lowest BCUT2D eigenvalue weighted by molar-refractivity contribution is -0.383. The Morgan fingerprint density at radius 1 is 1.56 bits per heavy atom. The molecule has 6 nitrogen and oxygen atoms in total. The summed E-state index contributed by atoms with van der Waals surface area (Å²) in [6.45, 7) is 3.92. The molecule has 98 valence electrons. The summed E-state index contributed by atoms with van der Waals surface area (Å²) in [5, 5.41) is 13.5. The minimum absolute atomic E-state index is 0.0408. The number of carbonyl (C=O) groups excluding carboxylic acids is 1. The van der Waals surface area contributed by atoms with Crippen molar-refractivity contribution in [3.05, 3.63) is 33.9 Å². The van der Waals surface area contributed by atoms with Crippen LogP contribution in [0.3, 0.4) is 0 Å². The van der Waals surface area contributed by atoms with E-state index in [-0.39, 0.29) is 28.9 Å². The zero-order chi connectivity index (χ0) is 13.7. The molecule has 0 radical (unpaired) electrons. The zero-order valence-corrected chi connectivity index (χ0v) is 10.5. The third-order valence-corrected chi connectivity index (χ3v) is 2.59. The largest absolute Gasteiger partial charge is 0.393 e. The molecule has 0 fully saturated rings. The molecule has 0 aliphatic heterocycles. The number of nitro groups is 1. The van der Waals surface area contributed by atoms with Crippen LogP contribution in [0.15, 0.2) is 18.2 Å². The zero-order valence-electron chi connectivity index (χ0n) is 10.5. The number of nitrogens with zero attached hydrogens (tertiary/aromatic N) is 1. The molecule has 0 heterocycles. The molecule has 0 aliphatic rings. The first-order valence-electron chi connectivity index (χ1n) is 5.80. The lowest BCUT2D eigenvalue weighted by atomic mass is 10.1. The maximum atomic E-state index is 11.8. The maximum absolute atomic E-state index is 11.8. The van der Waals surface area contributed by atoms with Gasteiger partial charge in [-0.25, -0.2) is 0 Å². The maximum Gasteiger partial charge on any atom is 0.292 e. The van der Waals surface area contributed by atoms with Gasteiger partial charge in [0, 0.05) is 17.7 Å². The van der Waals surface area contributed by atoms with Crippen molar-refractivity contribution >= 4 is 17.3 Å². The molecular weight excluding hydrogens is 234 g/mol. The number of carbonyl (C=O) groups is 1. The topological polar surface area (TPSA) is 98.3 Å². The number of benzene rings is 1. The van der Waals surface area contributed by atoms with Crippen LogP contribution in [0.4, 0.5) is 11.4 Å². The van der Waals surface area contributed by atoms with Gasteiger partial charge in [0.05, 0.1) is 4.92 Å². The molecule has 1 aromatic rings. The van der Waals surface area contributed by atoms with Gasteiger partial charge < -0.3 is 11.1 Å². The molecule has 0 bridgehead atoms. The molecule has 6 heteroatoms. The summed E-state index contributed by atoms with van der Waals surface area (Å²) in [4.78, 5) is 22.0. The summed E-state index contributed by atoms with van der Waals surface area (Å²) < 4.78 is 0. The molecule has 0 saturated heterocycles. The van der Waals surface area contributed by atoms with Crippen molar-refractivity contribution in [3.8, 4) is 0 Å². The lowest BCUT2D eigenvalue weighted by Gasteiger charge is -2.12. The number of hydrogen-bond donors (Lipinski definition) is 2. The second kappa shape index (κ2) is 6.00. The average molecular weight is 251 g/mol. The van der Waals surface area contributed by atoms with Crippen LogP contribution in [0.5, 0.6) is 0 Å². The van der Waals surface area contributed by atoms with Crippen molar-refractivity contribution in [1.29, 1.82) is 0 Å². The Morgan fingerprint density at radius 3 is 2.78 bits per heavy atom. The second-order valence-electron chi connectivity index (χ2n) is 4.19. The molecule has 3 N–H and O–H groups in total. The number of nitro benzene ring substituents is 1. The van der Waals surface area contributed by atoms with Gasteiger partial charge in [0.15, 0.2) is 0 Å². The fourth-order valence-electron chi connectivity index (χ4n) is 1.66. The van der Waals surface area contributed by atoms with E-state index < -0.39 is 4.92 Å². The molecule has 0 spiro atoms. The predicted molar refractivity (Wildman–Crippen MR) is 69.3 cm³/mol. The van der Waals surface area contributed by atoms with Crippen LogP contribution in [0.25, 0.3) is 0 Å². The number of rotatable bonds is 5. The molecular formula is C12H17N3O3. The van der Waals surface area contributed by atoms with E-state index in [1.165, 1.54) is 18.2 Å². The van der Waals surface area contributed by atoms with Gasteiger partial charge in [-0.15, -0.1) is 0 Å². The molecule has 0 saturated carbocycles. The molecule has 0 aromatic heterocycles. The van der Waals surface area contributed by atoms with Crippen molar-refractivity contribution in [2.75, 3.05) is 5.73 Å². The van der Waals surface area contributed by atoms with E-state index in [1.807, 2.05) is 13.8 Å². The van der Waals surface area contributed by atoms with Crippen LogP contribution in [0.1, 0.15) is 37.0 Å². The summed E-state index contributed by atoms with van der Waals surface area (Å²) >= 11 is 0. The van der Waals surface area contributed by atoms with Gasteiger partial charge >= 0.3 is 0 Å². The van der Waals surface area contributed by atoms with E-state index in [9.17, 15) is 14.9 Å². The highest BCUT2D eigenvalue weighted by Gasteiger charge is 2.16. The third kappa shape index (κ3) is 3.44. The highest BCUT2D eigenvalue weighted by atomic mass is 16.6. The van der Waals surface area contributed by atoms with Crippen LogP contribution in [-0.2, 0) is 0 Å². The van der Waals surface area contributed by atoms with Crippen LogP contribution in [0, 0.1) is 10.1 Å². The first kappa shape index (κ1) is 14.0. The van der Waals surface area contributed by atoms with E-state index >= 15 is 0 Å². The summed E-state index contributed by atoms with van der Waals surface area (Å²) in [5.74, 6) is -0.320. The van der Waals surface area contributed by atoms with Gasteiger partial charge in [-0.1, -0.05) is 13.3 Å². The monoisotopic (exact) mass is 251 g/mol. The van der Waals surface area contributed by atoms with Gasteiger partial charge in [-0.05, 0) is 25.5 Å². The van der Waals surface area contributed by atoms with Crippen molar-refractivity contribution < 1.29 is 9.72 Å². The van der Waals surface area contributed by atoms with Crippen LogP contribution >= 0.6 is 0 Å². The Hall–Kier alpha value is -2.11. The van der Waals surface area contributed by atoms with Gasteiger partial charge in [0.1, 0.15) is 5.69 Å². The molecule has 0 aliphatic carbocycles. The third-order valence-electron chi connectivity index (χ3n) is 2.59. The van der Waals surface area contributed by atoms with Crippen molar-refractivity contribution in [3.63, 3.8) is 0 Å².